The van der Waals surface area contributed by atoms with Gasteiger partial charge < -0.3 is 10.1 Å². The van der Waals surface area contributed by atoms with Crippen LogP contribution in [0.2, 0.25) is 0 Å². The van der Waals surface area contributed by atoms with E-state index in [1.807, 2.05) is 6.92 Å². The van der Waals surface area contributed by atoms with Gasteiger partial charge in [0.25, 0.3) is 5.91 Å². The van der Waals surface area contributed by atoms with E-state index in [0.717, 1.165) is 6.42 Å². The second-order valence-electron chi connectivity index (χ2n) is 3.51. The van der Waals surface area contributed by atoms with Crippen LogP contribution in [0.25, 0.3) is 0 Å². The zero-order valence-corrected chi connectivity index (χ0v) is 9.50. The van der Waals surface area contributed by atoms with Gasteiger partial charge in [-0.2, -0.15) is 0 Å². The lowest BCUT2D eigenvalue weighted by atomic mass is 10.3. The van der Waals surface area contributed by atoms with Crippen LogP contribution in [-0.4, -0.2) is 18.6 Å². The van der Waals surface area contributed by atoms with Crippen molar-refractivity contribution in [2.75, 3.05) is 6.54 Å². The predicted octanol–water partition coefficient (Wildman–Crippen LogP) is 2.12. The highest BCUT2D eigenvalue weighted by Gasteiger charge is 2.13. The fourth-order valence-electron chi connectivity index (χ4n) is 1.16. The molecular weight excluding hydrogens is 209 g/mol. The predicted molar refractivity (Wildman–Crippen MR) is 59.8 cm³/mol. The van der Waals surface area contributed by atoms with Crippen molar-refractivity contribution in [3.63, 3.8) is 0 Å². The third-order valence-electron chi connectivity index (χ3n) is 2.04. The second-order valence-corrected chi connectivity index (χ2v) is 3.51. The maximum atomic E-state index is 12.6. The minimum absolute atomic E-state index is 0.161. The van der Waals surface area contributed by atoms with Crippen molar-refractivity contribution in [3.8, 4) is 5.75 Å². The van der Waals surface area contributed by atoms with E-state index < -0.39 is 6.10 Å². The van der Waals surface area contributed by atoms with Gasteiger partial charge in [-0.3, -0.25) is 4.79 Å². The summed E-state index contributed by atoms with van der Waals surface area (Å²) in [5.41, 5.74) is 0. The number of rotatable bonds is 5. The van der Waals surface area contributed by atoms with Crippen molar-refractivity contribution in [1.29, 1.82) is 0 Å². The summed E-state index contributed by atoms with van der Waals surface area (Å²) in [6, 6.07) is 5.59. The van der Waals surface area contributed by atoms with Gasteiger partial charge in [0, 0.05) is 6.54 Å². The molecule has 0 spiro atoms. The summed E-state index contributed by atoms with van der Waals surface area (Å²) in [7, 11) is 0. The van der Waals surface area contributed by atoms with E-state index in [4.69, 9.17) is 4.74 Å². The molecule has 0 saturated heterocycles. The van der Waals surface area contributed by atoms with Crippen LogP contribution in [0.4, 0.5) is 4.39 Å². The Hall–Kier alpha value is -1.58. The Balaban J connectivity index is 2.47. The summed E-state index contributed by atoms with van der Waals surface area (Å²) in [5, 5.41) is 2.73. The second kappa shape index (κ2) is 6.10. The number of halogens is 1. The minimum Gasteiger partial charge on any atom is -0.481 e. The fraction of sp³-hybridized carbons (Fsp3) is 0.417. The molecule has 0 aliphatic rings. The van der Waals surface area contributed by atoms with Crippen LogP contribution in [0.5, 0.6) is 5.75 Å². The highest BCUT2D eigenvalue weighted by atomic mass is 19.1. The number of nitrogens with one attached hydrogen (secondary N) is 1. The maximum Gasteiger partial charge on any atom is 0.260 e. The zero-order chi connectivity index (χ0) is 12.0. The minimum atomic E-state index is -0.572. The van der Waals surface area contributed by atoms with Gasteiger partial charge in [0.1, 0.15) is 11.6 Å². The van der Waals surface area contributed by atoms with Crippen LogP contribution in [0.1, 0.15) is 20.3 Å². The summed E-state index contributed by atoms with van der Waals surface area (Å²) in [4.78, 5) is 11.5. The van der Waals surface area contributed by atoms with Crippen LogP contribution in [0.15, 0.2) is 24.3 Å². The molecule has 0 aliphatic carbocycles. The van der Waals surface area contributed by atoms with Crippen LogP contribution < -0.4 is 10.1 Å². The molecule has 4 heteroatoms. The summed E-state index contributed by atoms with van der Waals surface area (Å²) in [6.45, 7) is 4.27. The van der Waals surface area contributed by atoms with Crippen LogP contribution in [0, 0.1) is 5.82 Å². The van der Waals surface area contributed by atoms with Gasteiger partial charge in [0.05, 0.1) is 0 Å². The number of amides is 1. The largest absolute Gasteiger partial charge is 0.481 e. The van der Waals surface area contributed by atoms with Gasteiger partial charge in [0.15, 0.2) is 6.10 Å². The van der Waals surface area contributed by atoms with Crippen LogP contribution in [0.3, 0.4) is 0 Å². The monoisotopic (exact) mass is 225 g/mol. The molecule has 0 saturated carbocycles. The summed E-state index contributed by atoms with van der Waals surface area (Å²) < 4.78 is 18.0. The van der Waals surface area contributed by atoms with Crippen LogP contribution in [-0.2, 0) is 4.79 Å². The molecule has 3 nitrogen and oxygen atoms in total. The number of hydrogen-bond acceptors (Lipinski definition) is 2. The third-order valence-corrected chi connectivity index (χ3v) is 2.04. The van der Waals surface area contributed by atoms with Crippen molar-refractivity contribution in [2.24, 2.45) is 0 Å². The molecule has 0 unspecified atom stereocenters. The highest BCUT2D eigenvalue weighted by molar-refractivity contribution is 5.80. The normalized spacial score (nSPS) is 11.9. The number of benzene rings is 1. The van der Waals surface area contributed by atoms with Crippen molar-refractivity contribution >= 4 is 5.91 Å². The molecular formula is C12H16FNO2. The first-order valence-electron chi connectivity index (χ1n) is 5.33. The van der Waals surface area contributed by atoms with Gasteiger partial charge in [0.2, 0.25) is 0 Å². The van der Waals surface area contributed by atoms with Gasteiger partial charge in [-0.15, -0.1) is 0 Å². The molecule has 16 heavy (non-hydrogen) atoms. The van der Waals surface area contributed by atoms with E-state index in [-0.39, 0.29) is 11.7 Å². The van der Waals surface area contributed by atoms with E-state index in [1.165, 1.54) is 24.3 Å². The Bertz CT molecular complexity index is 337. The quantitative estimate of drug-likeness (QED) is 0.833. The maximum absolute atomic E-state index is 12.6. The van der Waals surface area contributed by atoms with Crippen LogP contribution >= 0.6 is 0 Å². The molecule has 1 atom stereocenters. The average Bonchev–Trinajstić information content (AvgIpc) is 2.29. The number of hydrogen-bond donors (Lipinski definition) is 1. The molecule has 1 amide bonds. The smallest absolute Gasteiger partial charge is 0.260 e. The molecule has 0 fully saturated rings. The Labute approximate surface area is 94.6 Å². The fourth-order valence-corrected chi connectivity index (χ4v) is 1.16. The Morgan fingerprint density at radius 1 is 1.44 bits per heavy atom. The number of carbonyl (C=O) groups excluding carboxylic acids is 1. The van der Waals surface area contributed by atoms with Gasteiger partial charge >= 0.3 is 0 Å². The molecule has 1 aromatic carbocycles. The molecule has 0 bridgehead atoms. The van der Waals surface area contributed by atoms with Crippen molar-refractivity contribution < 1.29 is 13.9 Å². The average molecular weight is 225 g/mol. The van der Waals surface area contributed by atoms with E-state index in [0.29, 0.717) is 12.3 Å². The zero-order valence-electron chi connectivity index (χ0n) is 9.50. The van der Waals surface area contributed by atoms with E-state index in [2.05, 4.69) is 5.32 Å². The van der Waals surface area contributed by atoms with Gasteiger partial charge in [-0.25, -0.2) is 4.39 Å². The first-order chi connectivity index (χ1) is 7.63. The molecule has 88 valence electrons. The molecule has 1 N–H and O–H groups in total. The standard InChI is InChI=1S/C12H16FNO2/c1-3-8-14-12(15)9(2)16-11-6-4-10(13)5-7-11/h4-7,9H,3,8H2,1-2H3,(H,14,15)/t9-/m0/s1. The van der Waals surface area contributed by atoms with E-state index in [9.17, 15) is 9.18 Å². The van der Waals surface area contributed by atoms with E-state index >= 15 is 0 Å². The molecule has 1 rings (SSSR count). The van der Waals surface area contributed by atoms with E-state index in [1.54, 1.807) is 6.92 Å². The summed E-state index contributed by atoms with van der Waals surface area (Å²) in [6.07, 6.45) is 0.312. The summed E-state index contributed by atoms with van der Waals surface area (Å²) in [5.74, 6) is 0.00200. The third kappa shape index (κ3) is 3.88. The van der Waals surface area contributed by atoms with Gasteiger partial charge in [-0.05, 0) is 37.6 Å². The SMILES string of the molecule is CCCNC(=O)[C@H](C)Oc1ccc(F)cc1. The molecule has 0 aromatic heterocycles. The van der Waals surface area contributed by atoms with Crippen molar-refractivity contribution in [1.82, 2.24) is 5.32 Å². The first-order valence-corrected chi connectivity index (χ1v) is 5.33. The topological polar surface area (TPSA) is 38.3 Å². The Morgan fingerprint density at radius 2 is 2.06 bits per heavy atom. The van der Waals surface area contributed by atoms with Crippen molar-refractivity contribution in [3.05, 3.63) is 30.1 Å². The molecule has 0 radical (unpaired) electrons. The van der Waals surface area contributed by atoms with Gasteiger partial charge in [-0.1, -0.05) is 6.92 Å². The lowest BCUT2D eigenvalue weighted by molar-refractivity contribution is -0.127. The Morgan fingerprint density at radius 3 is 2.62 bits per heavy atom. The molecule has 1 aromatic rings. The lowest BCUT2D eigenvalue weighted by Crippen LogP contribution is -2.36. The molecule has 0 aliphatic heterocycles. The summed E-state index contributed by atoms with van der Waals surface area (Å²) >= 11 is 0. The first kappa shape index (κ1) is 12.5. The number of carbonyl (C=O) groups is 1. The number of ether oxygens (including phenoxy) is 1. The molecule has 0 heterocycles. The van der Waals surface area contributed by atoms with Crippen molar-refractivity contribution in [2.45, 2.75) is 26.4 Å². The highest BCUT2D eigenvalue weighted by Crippen LogP contribution is 2.12. The lowest BCUT2D eigenvalue weighted by Gasteiger charge is -2.14. The Kier molecular flexibility index (Phi) is 4.76.